The van der Waals surface area contributed by atoms with Gasteiger partial charge in [-0.3, -0.25) is 19.1 Å². The molecule has 0 aliphatic carbocycles. The Morgan fingerprint density at radius 3 is 2.33 bits per heavy atom. The highest BCUT2D eigenvalue weighted by molar-refractivity contribution is 5.97. The summed E-state index contributed by atoms with van der Waals surface area (Å²) in [5, 5.41) is 21.1. The van der Waals surface area contributed by atoms with Crippen LogP contribution >= 0.6 is 0 Å². The largest absolute Gasteiger partial charge is 0.408 e. The normalized spacial score (nSPS) is 19.1. The van der Waals surface area contributed by atoms with Crippen LogP contribution in [-0.4, -0.2) is 68.2 Å². The number of carbonyl (C=O) groups is 1. The highest BCUT2D eigenvalue weighted by atomic mass is 19.4. The number of anilines is 1. The second kappa shape index (κ2) is 9.43. The summed E-state index contributed by atoms with van der Waals surface area (Å²) in [6.45, 7) is 1.16. The van der Waals surface area contributed by atoms with Crippen molar-refractivity contribution in [1.82, 2.24) is 19.9 Å². The van der Waals surface area contributed by atoms with Crippen LogP contribution in [0.3, 0.4) is 0 Å². The Morgan fingerprint density at radius 1 is 1.17 bits per heavy atom. The molecule has 3 aromatic rings. The second-order valence-electron chi connectivity index (χ2n) is 8.25. The lowest BCUT2D eigenvalue weighted by atomic mass is 10.1. The molecule has 0 spiro atoms. The van der Waals surface area contributed by atoms with Crippen molar-refractivity contribution in [1.29, 1.82) is 0 Å². The molecule has 192 valence electrons. The molecule has 3 aromatic heterocycles. The second-order valence-corrected chi connectivity index (χ2v) is 8.25. The minimum absolute atomic E-state index is 0.0157. The number of halogens is 5. The van der Waals surface area contributed by atoms with Crippen molar-refractivity contribution in [2.45, 2.75) is 37.8 Å². The Morgan fingerprint density at radius 2 is 1.78 bits per heavy atom. The maximum absolute atomic E-state index is 14.7. The molecule has 3 atom stereocenters. The van der Waals surface area contributed by atoms with E-state index in [-0.39, 0.29) is 29.9 Å². The molecule has 3 N–H and O–H groups in total. The van der Waals surface area contributed by atoms with Gasteiger partial charge in [-0.05, 0) is 18.6 Å². The van der Waals surface area contributed by atoms with Gasteiger partial charge in [-0.15, -0.1) is 0 Å². The van der Waals surface area contributed by atoms with E-state index in [1.165, 1.54) is 24.0 Å². The maximum Gasteiger partial charge on any atom is 0.408 e. The quantitative estimate of drug-likeness (QED) is 0.444. The van der Waals surface area contributed by atoms with Gasteiger partial charge in [0, 0.05) is 19.3 Å². The van der Waals surface area contributed by atoms with Crippen molar-refractivity contribution in [2.75, 3.05) is 18.0 Å². The molecule has 0 aromatic carbocycles. The number of aliphatic hydroxyl groups is 2. The van der Waals surface area contributed by atoms with Crippen LogP contribution < -0.4 is 15.6 Å². The standard InChI is InChI=1S/C22H20F5N5O4/c1-2-16(22(25,26)27)29-21(36)11-7-32(18-12(23)5-28-6-13(18)24)20-10(19(11)35)3-4-17(30-20)31-8-14(33)15(34)9-31/h3-7,14-16,33-34H,2,8-9H2,1H3,(H,29,36)/t14-,15-,16+/m1/s1. The smallest absolute Gasteiger partial charge is 0.389 e. The lowest BCUT2D eigenvalue weighted by Crippen LogP contribution is -2.46. The average Bonchev–Trinajstić information content (AvgIpc) is 3.15. The predicted molar refractivity (Wildman–Crippen MR) is 117 cm³/mol. The highest BCUT2D eigenvalue weighted by Crippen LogP contribution is 2.26. The van der Waals surface area contributed by atoms with Gasteiger partial charge >= 0.3 is 6.18 Å². The number of aromatic nitrogens is 3. The molecule has 1 saturated heterocycles. The Balaban J connectivity index is 1.92. The summed E-state index contributed by atoms with van der Waals surface area (Å²) in [5.41, 5.74) is -2.87. The van der Waals surface area contributed by atoms with Gasteiger partial charge in [-0.2, -0.15) is 13.2 Å². The number of hydrogen-bond acceptors (Lipinski definition) is 7. The zero-order chi connectivity index (χ0) is 26.4. The van der Waals surface area contributed by atoms with Crippen molar-refractivity contribution in [3.05, 3.63) is 58.1 Å². The van der Waals surface area contributed by atoms with E-state index in [1.807, 2.05) is 0 Å². The van der Waals surface area contributed by atoms with Crippen LogP contribution in [0.4, 0.5) is 27.8 Å². The molecule has 4 heterocycles. The number of hydrogen-bond donors (Lipinski definition) is 3. The summed E-state index contributed by atoms with van der Waals surface area (Å²) in [6, 6.07) is 0.267. The number of nitrogens with zero attached hydrogens (tertiary/aromatic N) is 4. The summed E-state index contributed by atoms with van der Waals surface area (Å²) >= 11 is 0. The van der Waals surface area contributed by atoms with Crippen molar-refractivity contribution >= 4 is 22.8 Å². The number of alkyl halides is 3. The summed E-state index contributed by atoms with van der Waals surface area (Å²) in [4.78, 5) is 34.9. The molecular formula is C22H20F5N5O4. The number of amides is 1. The van der Waals surface area contributed by atoms with Crippen molar-refractivity contribution in [2.24, 2.45) is 0 Å². The molecule has 36 heavy (non-hydrogen) atoms. The fraction of sp³-hybridized carbons (Fsp3) is 0.364. The molecule has 1 fully saturated rings. The Kier molecular flexibility index (Phi) is 6.66. The first-order valence-electron chi connectivity index (χ1n) is 10.8. The van der Waals surface area contributed by atoms with Crippen LogP contribution in [0.25, 0.3) is 16.7 Å². The number of β-amino-alcohol motifs (C(OH)–C–C–N with tert-alkyl or cyclic N) is 2. The van der Waals surface area contributed by atoms with Crippen molar-refractivity contribution in [3.8, 4) is 5.69 Å². The number of pyridine rings is 3. The van der Waals surface area contributed by atoms with Crippen LogP contribution in [0.5, 0.6) is 0 Å². The number of rotatable bonds is 5. The minimum atomic E-state index is -4.79. The monoisotopic (exact) mass is 513 g/mol. The molecule has 14 heteroatoms. The first-order chi connectivity index (χ1) is 16.9. The molecule has 1 aliphatic heterocycles. The van der Waals surface area contributed by atoms with E-state index >= 15 is 0 Å². The highest BCUT2D eigenvalue weighted by Gasteiger charge is 2.40. The predicted octanol–water partition coefficient (Wildman–Crippen LogP) is 1.67. The first-order valence-corrected chi connectivity index (χ1v) is 10.8. The van der Waals surface area contributed by atoms with Crippen LogP contribution in [0.15, 0.2) is 35.5 Å². The van der Waals surface area contributed by atoms with E-state index in [9.17, 15) is 41.8 Å². The molecule has 0 radical (unpaired) electrons. The van der Waals surface area contributed by atoms with E-state index in [0.717, 1.165) is 10.8 Å². The van der Waals surface area contributed by atoms with Crippen LogP contribution in [0.1, 0.15) is 23.7 Å². The van der Waals surface area contributed by atoms with Crippen molar-refractivity contribution in [3.63, 3.8) is 0 Å². The fourth-order valence-electron chi connectivity index (χ4n) is 3.94. The number of aliphatic hydroxyl groups excluding tert-OH is 2. The van der Waals surface area contributed by atoms with Gasteiger partial charge in [0.05, 0.1) is 30.0 Å². The lowest BCUT2D eigenvalue weighted by molar-refractivity contribution is -0.153. The molecule has 9 nitrogen and oxygen atoms in total. The van der Waals surface area contributed by atoms with E-state index in [4.69, 9.17) is 0 Å². The zero-order valence-corrected chi connectivity index (χ0v) is 18.6. The molecule has 4 rings (SSSR count). The number of carbonyl (C=O) groups excluding carboxylic acids is 1. The van der Waals surface area contributed by atoms with E-state index in [2.05, 4.69) is 9.97 Å². The van der Waals surface area contributed by atoms with Gasteiger partial charge in [0.15, 0.2) is 17.3 Å². The lowest BCUT2D eigenvalue weighted by Gasteiger charge is -2.21. The maximum atomic E-state index is 14.7. The van der Waals surface area contributed by atoms with Gasteiger partial charge in [0.25, 0.3) is 5.91 Å². The molecule has 0 bridgehead atoms. The van der Waals surface area contributed by atoms with Crippen LogP contribution in [-0.2, 0) is 0 Å². The third-order valence-corrected chi connectivity index (χ3v) is 5.84. The SMILES string of the molecule is CC[C@H](NC(=O)c1cn(-c2c(F)cncc2F)c2nc(N3C[C@@H](O)[C@H](O)C3)ccc2c1=O)C(F)(F)F. The van der Waals surface area contributed by atoms with Gasteiger partial charge in [-0.1, -0.05) is 6.92 Å². The van der Waals surface area contributed by atoms with E-state index < -0.39 is 65.1 Å². The van der Waals surface area contributed by atoms with Gasteiger partial charge < -0.3 is 20.4 Å². The van der Waals surface area contributed by atoms with Crippen LogP contribution in [0.2, 0.25) is 0 Å². The summed E-state index contributed by atoms with van der Waals surface area (Å²) in [7, 11) is 0. The molecule has 0 saturated carbocycles. The number of nitrogens with one attached hydrogen (secondary N) is 1. The minimum Gasteiger partial charge on any atom is -0.389 e. The number of fused-ring (bicyclic) bond motifs is 1. The van der Waals surface area contributed by atoms with E-state index in [1.54, 1.807) is 5.32 Å². The molecule has 0 unspecified atom stereocenters. The summed E-state index contributed by atoms with van der Waals surface area (Å²) in [6.07, 6.45) is -5.38. The fourth-order valence-corrected chi connectivity index (χ4v) is 3.94. The summed E-state index contributed by atoms with van der Waals surface area (Å²) < 4.78 is 69.7. The first kappa shape index (κ1) is 25.4. The van der Waals surface area contributed by atoms with Crippen molar-refractivity contribution < 1.29 is 37.0 Å². The molecular weight excluding hydrogens is 493 g/mol. The third-order valence-electron chi connectivity index (χ3n) is 5.84. The van der Waals surface area contributed by atoms with Gasteiger partial charge in [-0.25, -0.2) is 13.8 Å². The molecule has 1 aliphatic rings. The Bertz CT molecular complexity index is 1350. The third kappa shape index (κ3) is 4.60. The summed E-state index contributed by atoms with van der Waals surface area (Å²) in [5.74, 6) is -3.62. The van der Waals surface area contributed by atoms with Gasteiger partial charge in [0.2, 0.25) is 5.43 Å². The average molecular weight is 513 g/mol. The Hall–Kier alpha value is -3.65. The van der Waals surface area contributed by atoms with Gasteiger partial charge in [0.1, 0.15) is 23.1 Å². The molecule has 1 amide bonds. The topological polar surface area (TPSA) is 121 Å². The van der Waals surface area contributed by atoms with E-state index in [0.29, 0.717) is 12.4 Å². The zero-order valence-electron chi connectivity index (χ0n) is 18.6. The Labute approximate surface area is 199 Å². The van der Waals surface area contributed by atoms with Crippen LogP contribution in [0, 0.1) is 11.6 Å².